The van der Waals surface area contributed by atoms with E-state index in [9.17, 15) is 18.0 Å². The molecule has 71 heavy (non-hydrogen) atoms. The fraction of sp³-hybridized carbons (Fsp3) is 0.364. The van der Waals surface area contributed by atoms with E-state index in [2.05, 4.69) is 55.8 Å². The Morgan fingerprint density at radius 1 is 0.930 bits per heavy atom. The van der Waals surface area contributed by atoms with E-state index in [0.29, 0.717) is 54.1 Å². The highest BCUT2D eigenvalue weighted by atomic mass is 35.5. The highest BCUT2D eigenvalue weighted by Crippen LogP contribution is 2.44. The van der Waals surface area contributed by atoms with Crippen LogP contribution in [0.25, 0.3) is 16.6 Å². The zero-order valence-corrected chi connectivity index (χ0v) is 42.0. The quantitative estimate of drug-likeness (QED) is 0.0900. The zero-order valence-electron chi connectivity index (χ0n) is 40.4. The van der Waals surface area contributed by atoms with Crippen LogP contribution in [-0.4, -0.2) is 99.6 Å². The van der Waals surface area contributed by atoms with Crippen LogP contribution in [0.15, 0.2) is 114 Å². The van der Waals surface area contributed by atoms with Crippen LogP contribution in [0.1, 0.15) is 83.4 Å². The second-order valence-corrected chi connectivity index (χ2v) is 22.0. The number of piperazine rings is 1. The second kappa shape index (κ2) is 20.4. The maximum atomic E-state index is 14.6. The van der Waals surface area contributed by atoms with Gasteiger partial charge in [0.1, 0.15) is 22.9 Å². The number of amides is 2. The summed E-state index contributed by atoms with van der Waals surface area (Å²) in [6.45, 7) is 11.0. The van der Waals surface area contributed by atoms with Gasteiger partial charge >= 0.3 is 0 Å². The van der Waals surface area contributed by atoms with Gasteiger partial charge < -0.3 is 34.3 Å². The number of nitrogens with zero attached hydrogens (tertiary/aromatic N) is 4. The molecule has 0 saturated carbocycles. The normalized spacial score (nSPS) is 17.7. The number of fused-ring (bicyclic) bond motifs is 2. The molecule has 3 aliphatic heterocycles. The lowest BCUT2D eigenvalue weighted by Gasteiger charge is -2.39. The molecule has 2 fully saturated rings. The Kier molecular flexibility index (Phi) is 13.8. The number of ether oxygens (including phenoxy) is 3. The van der Waals surface area contributed by atoms with Crippen LogP contribution in [0.4, 0.5) is 11.4 Å². The van der Waals surface area contributed by atoms with Crippen molar-refractivity contribution >= 4 is 61.4 Å². The van der Waals surface area contributed by atoms with Crippen LogP contribution in [0, 0.1) is 11.3 Å². The topological polar surface area (TPSA) is 158 Å². The van der Waals surface area contributed by atoms with E-state index >= 15 is 0 Å². The van der Waals surface area contributed by atoms with Crippen molar-refractivity contribution in [2.45, 2.75) is 63.9 Å². The zero-order chi connectivity index (χ0) is 49.3. The molecule has 1 aliphatic carbocycles. The predicted molar refractivity (Wildman–Crippen MR) is 277 cm³/mol. The van der Waals surface area contributed by atoms with E-state index in [1.54, 1.807) is 42.6 Å². The molecule has 5 heterocycles. The predicted octanol–water partition coefficient (Wildman–Crippen LogP) is 9.92. The molecule has 2 aromatic heterocycles. The molecule has 4 aliphatic rings. The summed E-state index contributed by atoms with van der Waals surface area (Å²) in [6, 6.07) is 27.7. The summed E-state index contributed by atoms with van der Waals surface area (Å²) < 4.78 is 48.8. The monoisotopic (exact) mass is 997 g/mol. The van der Waals surface area contributed by atoms with Gasteiger partial charge in [0.2, 0.25) is 0 Å². The first-order valence-corrected chi connectivity index (χ1v) is 26.3. The molecule has 2 amide bonds. The Balaban J connectivity index is 0.903. The number of carbonyl (C=O) groups is 2. The average Bonchev–Trinajstić information content (AvgIpc) is 3.98. The molecule has 0 radical (unpaired) electrons. The first-order chi connectivity index (χ1) is 34.3. The lowest BCUT2D eigenvalue weighted by atomic mass is 9.72. The van der Waals surface area contributed by atoms with Crippen molar-refractivity contribution in [1.29, 1.82) is 0 Å². The fourth-order valence-electron chi connectivity index (χ4n) is 10.3. The molecule has 0 spiro atoms. The number of sulfonamides is 1. The van der Waals surface area contributed by atoms with Crippen LogP contribution in [0.5, 0.6) is 17.2 Å². The summed E-state index contributed by atoms with van der Waals surface area (Å²) in [7, 11) is -2.95. The minimum atomic E-state index is -4.54. The highest BCUT2D eigenvalue weighted by molar-refractivity contribution is 7.90. The number of H-pyrrole nitrogens is 1. The van der Waals surface area contributed by atoms with Crippen molar-refractivity contribution in [3.63, 3.8) is 0 Å². The Bertz CT molecular complexity index is 3090. The number of halogens is 1. The van der Waals surface area contributed by atoms with Gasteiger partial charge in [-0.05, 0) is 121 Å². The third-order valence-corrected chi connectivity index (χ3v) is 16.1. The number of pyridine rings is 1. The molecule has 14 nitrogen and oxygen atoms in total. The van der Waals surface area contributed by atoms with Crippen molar-refractivity contribution in [2.75, 3.05) is 69.8 Å². The van der Waals surface area contributed by atoms with Gasteiger partial charge in [-0.1, -0.05) is 55.3 Å². The number of nitrogens with one attached hydrogen (secondary N) is 3. The number of benzene rings is 4. The van der Waals surface area contributed by atoms with Gasteiger partial charge in [-0.25, -0.2) is 18.1 Å². The molecule has 2 saturated heterocycles. The fourth-order valence-corrected chi connectivity index (χ4v) is 11.7. The summed E-state index contributed by atoms with van der Waals surface area (Å²) in [5, 5.41) is 5.01. The van der Waals surface area contributed by atoms with E-state index < -0.39 is 15.9 Å². The molecule has 0 bridgehead atoms. The number of hydrogen-bond acceptors (Lipinski definition) is 11. The van der Waals surface area contributed by atoms with Gasteiger partial charge in [0.25, 0.3) is 21.8 Å². The van der Waals surface area contributed by atoms with Gasteiger partial charge in [0.15, 0.2) is 0 Å². The number of allylic oxidation sites excluding steroid dienone is 1. The van der Waals surface area contributed by atoms with E-state index in [0.717, 1.165) is 86.5 Å². The lowest BCUT2D eigenvalue weighted by molar-refractivity contribution is 0.0698. The van der Waals surface area contributed by atoms with E-state index in [1.807, 2.05) is 54.6 Å². The Labute approximate surface area is 420 Å². The van der Waals surface area contributed by atoms with Gasteiger partial charge in [-0.15, -0.1) is 0 Å². The molecule has 4 aromatic carbocycles. The highest BCUT2D eigenvalue weighted by Gasteiger charge is 2.37. The number of rotatable bonds is 15. The van der Waals surface area contributed by atoms with Gasteiger partial charge in [-0.2, -0.15) is 0 Å². The van der Waals surface area contributed by atoms with Gasteiger partial charge in [0.05, 0.1) is 29.3 Å². The van der Waals surface area contributed by atoms with Crippen LogP contribution in [0.2, 0.25) is 5.02 Å². The van der Waals surface area contributed by atoms with Crippen molar-refractivity contribution in [1.82, 2.24) is 24.5 Å². The Morgan fingerprint density at radius 2 is 1.70 bits per heavy atom. The standard InChI is InChI=1S/C55H60ClN7O7S/c1-55(2)20-16-40(46(30-55)38-6-8-41(56)9-7-38)34-61-22-24-62(25-23-61)42-10-13-45(49(29-42)70-44-28-39-17-21-57-52(39)59-32-44)53(64)60-71(66,67)50-15-14-48(58-31-36-18-26-69-27-19-36)51-47(50)35-63(54(51)65)33-37-4-11-43(68-3)12-5-37/h4-15,17,21,28-29,32,36,58H,16,18-20,22-27,30-31,33-35H2,1-3H3,(H,57,59)(H,60,64). The van der Waals surface area contributed by atoms with E-state index in [-0.39, 0.29) is 46.2 Å². The number of hydrogen-bond donors (Lipinski definition) is 3. The van der Waals surface area contributed by atoms with Gasteiger partial charge in [-0.3, -0.25) is 14.5 Å². The van der Waals surface area contributed by atoms with Crippen LogP contribution < -0.4 is 24.4 Å². The smallest absolute Gasteiger partial charge is 0.268 e. The molecule has 0 atom stereocenters. The Hall–Kier alpha value is -6.39. The summed E-state index contributed by atoms with van der Waals surface area (Å²) >= 11 is 6.28. The summed E-state index contributed by atoms with van der Waals surface area (Å²) in [5.74, 6) is 0.415. The number of aromatic nitrogens is 2. The molecule has 0 unspecified atom stereocenters. The molecular formula is C55H60ClN7O7S. The third-order valence-electron chi connectivity index (χ3n) is 14.4. The maximum Gasteiger partial charge on any atom is 0.268 e. The number of aromatic amines is 1. The molecular weight excluding hydrogens is 938 g/mol. The molecule has 10 rings (SSSR count). The summed E-state index contributed by atoms with van der Waals surface area (Å²) in [5.41, 5.74) is 7.92. The van der Waals surface area contributed by atoms with Crippen molar-refractivity contribution < 1.29 is 32.2 Å². The number of carbonyl (C=O) groups excluding carboxylic acids is 2. The number of anilines is 2. The molecule has 370 valence electrons. The Morgan fingerprint density at radius 3 is 2.46 bits per heavy atom. The molecule has 3 N–H and O–H groups in total. The minimum Gasteiger partial charge on any atom is -0.497 e. The van der Waals surface area contributed by atoms with E-state index in [4.69, 9.17) is 25.8 Å². The van der Waals surface area contributed by atoms with E-state index in [1.165, 1.54) is 22.8 Å². The minimum absolute atomic E-state index is 0.0237. The maximum absolute atomic E-state index is 14.6. The molecule has 6 aromatic rings. The average molecular weight is 999 g/mol. The molecule has 16 heteroatoms. The second-order valence-electron chi connectivity index (χ2n) is 19.9. The summed E-state index contributed by atoms with van der Waals surface area (Å²) in [6.07, 6.45) is 8.34. The van der Waals surface area contributed by atoms with Crippen LogP contribution in [0.3, 0.4) is 0 Å². The first-order valence-electron chi connectivity index (χ1n) is 24.5. The SMILES string of the molecule is COc1ccc(CN2Cc3c(S(=O)(=O)NC(=O)c4ccc(N5CCN(CC6=C(c7ccc(Cl)cc7)CC(C)(C)CC6)CC5)cc4Oc4cnc5[nH]ccc5c4)ccc(NCC4CCOCC4)c3C2=O)cc1. The van der Waals surface area contributed by atoms with Crippen molar-refractivity contribution in [3.05, 3.63) is 142 Å². The van der Waals surface area contributed by atoms with Crippen LogP contribution >= 0.6 is 11.6 Å². The van der Waals surface area contributed by atoms with Crippen molar-refractivity contribution in [2.24, 2.45) is 11.3 Å². The summed E-state index contributed by atoms with van der Waals surface area (Å²) in [4.78, 5) is 42.6. The lowest BCUT2D eigenvalue weighted by Crippen LogP contribution is -2.47. The third kappa shape index (κ3) is 10.8. The largest absolute Gasteiger partial charge is 0.497 e. The first kappa shape index (κ1) is 48.2. The van der Waals surface area contributed by atoms with Crippen LogP contribution in [-0.2, 0) is 27.8 Å². The number of methoxy groups -OCH3 is 1. The van der Waals surface area contributed by atoms with Gasteiger partial charge in [0, 0.05) is 105 Å². The van der Waals surface area contributed by atoms with Crippen molar-refractivity contribution in [3.8, 4) is 17.2 Å².